The van der Waals surface area contributed by atoms with E-state index >= 15 is 0 Å². The van der Waals surface area contributed by atoms with E-state index in [0.29, 0.717) is 12.0 Å². The number of rotatable bonds is 4. The zero-order chi connectivity index (χ0) is 13.0. The van der Waals surface area contributed by atoms with E-state index in [-0.39, 0.29) is 5.97 Å². The second-order valence-corrected chi connectivity index (χ2v) is 5.37. The Labute approximate surface area is 104 Å². The number of ether oxygens (including phenoxy) is 1. The highest BCUT2D eigenvalue weighted by Crippen LogP contribution is 2.29. The van der Waals surface area contributed by atoms with Gasteiger partial charge in [-0.2, -0.15) is 0 Å². The van der Waals surface area contributed by atoms with Crippen LogP contribution < -0.4 is 5.32 Å². The number of carbonyl (C=O) groups excluding carboxylic acids is 1. The summed E-state index contributed by atoms with van der Waals surface area (Å²) in [4.78, 5) is 11.5. The average Bonchev–Trinajstić information content (AvgIpc) is 2.29. The number of esters is 1. The monoisotopic (exact) mass is 243 g/mol. The highest BCUT2D eigenvalue weighted by Gasteiger charge is 2.31. The lowest BCUT2D eigenvalue weighted by atomic mass is 9.79. The van der Waals surface area contributed by atoms with Crippen molar-refractivity contribution in [3.63, 3.8) is 0 Å². The Morgan fingerprint density at radius 1 is 1.35 bits per heavy atom. The van der Waals surface area contributed by atoms with Crippen molar-refractivity contribution in [1.82, 2.24) is 5.32 Å². The summed E-state index contributed by atoms with van der Waals surface area (Å²) >= 11 is 0. The topological polar surface area (TPSA) is 58.6 Å². The van der Waals surface area contributed by atoms with Gasteiger partial charge < -0.3 is 9.84 Å². The molecule has 0 saturated heterocycles. The third-order valence-electron chi connectivity index (χ3n) is 3.95. The van der Waals surface area contributed by atoms with E-state index in [1.807, 2.05) is 0 Å². The maximum atomic E-state index is 11.5. The molecule has 100 valence electrons. The minimum absolute atomic E-state index is 0.305. The van der Waals surface area contributed by atoms with Crippen LogP contribution in [0.2, 0.25) is 0 Å². The minimum atomic E-state index is -0.725. The predicted molar refractivity (Wildman–Crippen MR) is 66.6 cm³/mol. The zero-order valence-corrected chi connectivity index (χ0v) is 11.3. The lowest BCUT2D eigenvalue weighted by Gasteiger charge is -2.35. The highest BCUT2D eigenvalue weighted by atomic mass is 16.5. The van der Waals surface area contributed by atoms with Crippen molar-refractivity contribution < 1.29 is 14.6 Å². The number of carbonyl (C=O) groups is 1. The molecule has 1 fully saturated rings. The van der Waals surface area contributed by atoms with Gasteiger partial charge in [0.25, 0.3) is 0 Å². The third kappa shape index (κ3) is 3.96. The van der Waals surface area contributed by atoms with Crippen molar-refractivity contribution in [1.29, 1.82) is 0 Å². The summed E-state index contributed by atoms with van der Waals surface area (Å²) in [5.41, 5.74) is 0. The van der Waals surface area contributed by atoms with Gasteiger partial charge in [0.1, 0.15) is 6.04 Å². The second-order valence-electron chi connectivity index (χ2n) is 5.37. The molecule has 0 heterocycles. The molecule has 0 aliphatic heterocycles. The normalized spacial score (nSPS) is 32.9. The number of methoxy groups -OCH3 is 1. The van der Waals surface area contributed by atoms with E-state index in [4.69, 9.17) is 4.74 Å². The van der Waals surface area contributed by atoms with Crippen molar-refractivity contribution in [3.8, 4) is 0 Å². The highest BCUT2D eigenvalue weighted by molar-refractivity contribution is 5.76. The van der Waals surface area contributed by atoms with Crippen LogP contribution >= 0.6 is 0 Å². The molecule has 4 nitrogen and oxygen atoms in total. The fourth-order valence-corrected chi connectivity index (χ4v) is 2.48. The van der Waals surface area contributed by atoms with Crippen molar-refractivity contribution in [3.05, 3.63) is 0 Å². The number of nitrogens with one attached hydrogen (secondary N) is 1. The van der Waals surface area contributed by atoms with Crippen LogP contribution in [0.3, 0.4) is 0 Å². The number of aliphatic hydroxyl groups excluding tert-OH is 1. The number of hydrogen-bond acceptors (Lipinski definition) is 4. The second kappa shape index (κ2) is 6.36. The van der Waals surface area contributed by atoms with Gasteiger partial charge in [-0.05, 0) is 38.0 Å². The van der Waals surface area contributed by atoms with Gasteiger partial charge in [-0.15, -0.1) is 0 Å². The molecule has 1 aliphatic carbocycles. The summed E-state index contributed by atoms with van der Waals surface area (Å²) in [5.74, 6) is 1.02. The molecule has 0 bridgehead atoms. The first-order valence-electron chi connectivity index (χ1n) is 6.47. The predicted octanol–water partition coefficient (Wildman–Crippen LogP) is 1.32. The van der Waals surface area contributed by atoms with E-state index in [9.17, 15) is 9.90 Å². The van der Waals surface area contributed by atoms with E-state index in [0.717, 1.165) is 18.8 Å². The molecule has 0 radical (unpaired) electrons. The van der Waals surface area contributed by atoms with Crippen LogP contribution in [-0.4, -0.2) is 36.4 Å². The molecule has 0 spiro atoms. The Kier molecular flexibility index (Phi) is 5.40. The third-order valence-corrected chi connectivity index (χ3v) is 3.95. The number of aliphatic hydroxyl groups is 1. The molecule has 2 N–H and O–H groups in total. The molecular weight excluding hydrogens is 218 g/mol. The Hall–Kier alpha value is -0.610. The smallest absolute Gasteiger partial charge is 0.325 e. The molecule has 0 aromatic heterocycles. The Balaban J connectivity index is 2.53. The van der Waals surface area contributed by atoms with Gasteiger partial charge in [0.2, 0.25) is 0 Å². The minimum Gasteiger partial charge on any atom is -0.468 e. The molecule has 0 aromatic carbocycles. The molecule has 0 unspecified atom stereocenters. The fraction of sp³-hybridized carbons (Fsp3) is 0.923. The van der Waals surface area contributed by atoms with Crippen LogP contribution in [0, 0.1) is 11.8 Å². The first-order chi connectivity index (χ1) is 7.95. The van der Waals surface area contributed by atoms with Crippen molar-refractivity contribution in [2.45, 2.75) is 58.2 Å². The van der Waals surface area contributed by atoms with Gasteiger partial charge in [0.15, 0.2) is 0 Å². The van der Waals surface area contributed by atoms with E-state index in [1.165, 1.54) is 13.5 Å². The summed E-state index contributed by atoms with van der Waals surface area (Å²) in [6, 6.07) is -0.300. The molecule has 1 saturated carbocycles. The average molecular weight is 243 g/mol. The van der Waals surface area contributed by atoms with Gasteiger partial charge in [-0.1, -0.05) is 13.8 Å². The molecule has 5 atom stereocenters. The van der Waals surface area contributed by atoms with Crippen molar-refractivity contribution in [2.24, 2.45) is 11.8 Å². The van der Waals surface area contributed by atoms with Crippen molar-refractivity contribution >= 4 is 5.97 Å². The zero-order valence-electron chi connectivity index (χ0n) is 11.3. The van der Waals surface area contributed by atoms with E-state index in [1.54, 1.807) is 6.92 Å². The van der Waals surface area contributed by atoms with E-state index in [2.05, 4.69) is 19.2 Å². The van der Waals surface area contributed by atoms with Crippen LogP contribution in [0.25, 0.3) is 0 Å². The standard InChI is InChI=1S/C13H25NO3/c1-8-5-6-11(7-9(8)2)14-12(10(3)15)13(16)17-4/h8-12,14-15H,5-7H2,1-4H3/t8-,9-,10-,11+,12+/m0/s1. The fourth-order valence-electron chi connectivity index (χ4n) is 2.48. The molecule has 0 amide bonds. The molecule has 4 heteroatoms. The SMILES string of the molecule is COC(=O)[C@H](N[C@@H]1CC[C@H](C)[C@@H](C)C1)[C@H](C)O. The maximum Gasteiger partial charge on any atom is 0.325 e. The van der Waals surface area contributed by atoms with Gasteiger partial charge in [0, 0.05) is 6.04 Å². The molecule has 17 heavy (non-hydrogen) atoms. The summed E-state index contributed by atoms with van der Waals surface area (Å²) in [5, 5.41) is 12.8. The number of hydrogen-bond donors (Lipinski definition) is 2. The summed E-state index contributed by atoms with van der Waals surface area (Å²) in [7, 11) is 1.35. The Morgan fingerprint density at radius 3 is 2.47 bits per heavy atom. The van der Waals surface area contributed by atoms with E-state index < -0.39 is 12.1 Å². The molecular formula is C13H25NO3. The van der Waals surface area contributed by atoms with Gasteiger partial charge in [-0.25, -0.2) is 0 Å². The first kappa shape index (κ1) is 14.5. The largest absolute Gasteiger partial charge is 0.468 e. The first-order valence-corrected chi connectivity index (χ1v) is 6.47. The molecule has 0 aromatic rings. The van der Waals surface area contributed by atoms with Crippen molar-refractivity contribution in [2.75, 3.05) is 7.11 Å². The Bertz CT molecular complexity index is 255. The summed E-state index contributed by atoms with van der Waals surface area (Å²) in [6.45, 7) is 6.13. The van der Waals surface area contributed by atoms with Crippen LogP contribution in [0.4, 0.5) is 0 Å². The van der Waals surface area contributed by atoms with Gasteiger partial charge in [0.05, 0.1) is 13.2 Å². The lowest BCUT2D eigenvalue weighted by molar-refractivity contribution is -0.146. The molecule has 1 aliphatic rings. The van der Waals surface area contributed by atoms with Crippen LogP contribution in [0.5, 0.6) is 0 Å². The van der Waals surface area contributed by atoms with Gasteiger partial charge >= 0.3 is 5.97 Å². The molecule has 1 rings (SSSR count). The van der Waals surface area contributed by atoms with Crippen LogP contribution in [0.1, 0.15) is 40.0 Å². The summed E-state index contributed by atoms with van der Waals surface area (Å²) in [6.07, 6.45) is 2.57. The lowest BCUT2D eigenvalue weighted by Crippen LogP contribution is -2.51. The quantitative estimate of drug-likeness (QED) is 0.731. The van der Waals surface area contributed by atoms with Crippen LogP contribution in [-0.2, 0) is 9.53 Å². The Morgan fingerprint density at radius 2 is 2.00 bits per heavy atom. The maximum absolute atomic E-state index is 11.5. The van der Waals surface area contributed by atoms with Crippen LogP contribution in [0.15, 0.2) is 0 Å². The summed E-state index contributed by atoms with van der Waals surface area (Å²) < 4.78 is 4.70. The van der Waals surface area contributed by atoms with Gasteiger partial charge in [-0.3, -0.25) is 10.1 Å².